The van der Waals surface area contributed by atoms with E-state index in [1.807, 2.05) is 0 Å². The molecule has 2 aromatic carbocycles. The van der Waals surface area contributed by atoms with Crippen molar-refractivity contribution in [2.45, 2.75) is 9.79 Å². The van der Waals surface area contributed by atoms with Crippen molar-refractivity contribution in [2.24, 2.45) is 0 Å². The molecule has 7 nitrogen and oxygen atoms in total. The summed E-state index contributed by atoms with van der Waals surface area (Å²) in [5.74, 6) is 0.208. The number of thioether (sulfide) groups is 1. The summed E-state index contributed by atoms with van der Waals surface area (Å²) in [6.07, 6.45) is 0. The standard InChI is InChI=1S/C16H17ClN2O5S2/c1-23-14-8-7-13(9-15(14)24-2)26(21,22)19-18-16(20)10-25-12-5-3-11(17)4-6-12/h3-9,19H,10H2,1-2H3,(H,18,20). The summed E-state index contributed by atoms with van der Waals surface area (Å²) in [5, 5.41) is 0.599. The molecule has 2 rings (SSSR count). The van der Waals surface area contributed by atoms with Crippen LogP contribution in [0, 0.1) is 0 Å². The van der Waals surface area contributed by atoms with Gasteiger partial charge in [-0.05, 0) is 36.4 Å². The molecule has 0 spiro atoms. The molecule has 0 atom stereocenters. The molecule has 0 aliphatic carbocycles. The van der Waals surface area contributed by atoms with Gasteiger partial charge in [0.1, 0.15) is 0 Å². The first-order valence-corrected chi connectivity index (χ1v) is 10.1. The summed E-state index contributed by atoms with van der Waals surface area (Å²) in [4.78, 5) is 14.7. The van der Waals surface area contributed by atoms with Crippen LogP contribution in [0.2, 0.25) is 5.02 Å². The van der Waals surface area contributed by atoms with E-state index < -0.39 is 15.9 Å². The molecule has 0 unspecified atom stereocenters. The van der Waals surface area contributed by atoms with Crippen LogP contribution in [0.3, 0.4) is 0 Å². The molecular formula is C16H17ClN2O5S2. The number of carbonyl (C=O) groups excluding carboxylic acids is 1. The third kappa shape index (κ3) is 5.53. The lowest BCUT2D eigenvalue weighted by molar-refractivity contribution is -0.119. The molecule has 2 N–H and O–H groups in total. The summed E-state index contributed by atoms with van der Waals surface area (Å²) in [6.45, 7) is 0. The van der Waals surface area contributed by atoms with Crippen LogP contribution in [-0.4, -0.2) is 34.3 Å². The van der Waals surface area contributed by atoms with E-state index in [9.17, 15) is 13.2 Å². The van der Waals surface area contributed by atoms with Gasteiger partial charge in [-0.15, -0.1) is 16.6 Å². The molecule has 0 saturated heterocycles. The summed E-state index contributed by atoms with van der Waals surface area (Å²) < 4.78 is 34.7. The Labute approximate surface area is 161 Å². The number of nitrogens with one attached hydrogen (secondary N) is 2. The number of amides is 1. The number of benzene rings is 2. The zero-order valence-electron chi connectivity index (χ0n) is 14.0. The maximum Gasteiger partial charge on any atom is 0.257 e. The first-order chi connectivity index (χ1) is 12.4. The SMILES string of the molecule is COc1ccc(S(=O)(=O)NNC(=O)CSc2ccc(Cl)cc2)cc1OC. The molecule has 0 aliphatic heterocycles. The number of hydrogen-bond donors (Lipinski definition) is 2. The van der Waals surface area contributed by atoms with Crippen molar-refractivity contribution in [3.05, 3.63) is 47.5 Å². The van der Waals surface area contributed by atoms with Gasteiger partial charge in [0.05, 0.1) is 24.9 Å². The highest BCUT2D eigenvalue weighted by atomic mass is 35.5. The minimum absolute atomic E-state index is 0.0378. The monoisotopic (exact) mass is 416 g/mol. The first kappa shape index (κ1) is 20.4. The van der Waals surface area contributed by atoms with Gasteiger partial charge in [-0.25, -0.2) is 8.42 Å². The minimum Gasteiger partial charge on any atom is -0.493 e. The van der Waals surface area contributed by atoms with Crippen molar-refractivity contribution in [1.82, 2.24) is 10.3 Å². The third-order valence-electron chi connectivity index (χ3n) is 3.17. The van der Waals surface area contributed by atoms with Crippen LogP contribution in [0.15, 0.2) is 52.3 Å². The Morgan fingerprint density at radius 1 is 1.08 bits per heavy atom. The number of hydrogen-bond acceptors (Lipinski definition) is 6. The number of rotatable bonds is 8. The topological polar surface area (TPSA) is 93.7 Å². The average Bonchev–Trinajstić information content (AvgIpc) is 2.65. The number of sulfonamides is 1. The average molecular weight is 417 g/mol. The van der Waals surface area contributed by atoms with Crippen LogP contribution in [0.1, 0.15) is 0 Å². The Kier molecular flexibility index (Phi) is 7.15. The predicted molar refractivity (Wildman–Crippen MR) is 100 cm³/mol. The molecule has 10 heteroatoms. The van der Waals surface area contributed by atoms with Crippen molar-refractivity contribution >= 4 is 39.3 Å². The number of methoxy groups -OCH3 is 2. The number of hydrazine groups is 1. The first-order valence-electron chi connectivity index (χ1n) is 7.27. The van der Waals surface area contributed by atoms with Crippen LogP contribution in [0.5, 0.6) is 11.5 Å². The second kappa shape index (κ2) is 9.13. The molecule has 0 aliphatic rings. The van der Waals surface area contributed by atoms with Crippen molar-refractivity contribution in [1.29, 1.82) is 0 Å². The van der Waals surface area contributed by atoms with Crippen molar-refractivity contribution in [3.8, 4) is 11.5 Å². The van der Waals surface area contributed by atoms with E-state index in [1.54, 1.807) is 24.3 Å². The zero-order chi connectivity index (χ0) is 19.2. The van der Waals surface area contributed by atoms with Crippen LogP contribution in [0.4, 0.5) is 0 Å². The second-order valence-electron chi connectivity index (χ2n) is 4.91. The lowest BCUT2D eigenvalue weighted by Gasteiger charge is -2.11. The van der Waals surface area contributed by atoms with Gasteiger partial charge in [-0.1, -0.05) is 11.6 Å². The lowest BCUT2D eigenvalue weighted by atomic mass is 10.3. The molecule has 0 fully saturated rings. The number of carbonyl (C=O) groups is 1. The molecule has 0 radical (unpaired) electrons. The Morgan fingerprint density at radius 2 is 1.73 bits per heavy atom. The highest BCUT2D eigenvalue weighted by Gasteiger charge is 2.18. The van der Waals surface area contributed by atoms with Gasteiger partial charge >= 0.3 is 0 Å². The molecule has 2 aromatic rings. The highest BCUT2D eigenvalue weighted by molar-refractivity contribution is 8.00. The fourth-order valence-corrected chi connectivity index (χ4v) is 3.58. The van der Waals surface area contributed by atoms with Gasteiger partial charge in [0.15, 0.2) is 11.5 Å². The quantitative estimate of drug-likeness (QED) is 0.507. The molecule has 140 valence electrons. The number of halogens is 1. The Balaban J connectivity index is 1.94. The fraction of sp³-hybridized carbons (Fsp3) is 0.188. The Bertz CT molecular complexity index is 873. The predicted octanol–water partition coefficient (Wildman–Crippen LogP) is 2.46. The summed E-state index contributed by atoms with van der Waals surface area (Å²) in [7, 11) is -1.10. The van der Waals surface area contributed by atoms with Crippen molar-refractivity contribution < 1.29 is 22.7 Å². The number of ether oxygens (including phenoxy) is 2. The molecule has 1 amide bonds. The Hall–Kier alpha value is -1.94. The van der Waals surface area contributed by atoms with E-state index >= 15 is 0 Å². The highest BCUT2D eigenvalue weighted by Crippen LogP contribution is 2.29. The maximum absolute atomic E-state index is 12.3. The fourth-order valence-electron chi connectivity index (χ4n) is 1.88. The van der Waals surface area contributed by atoms with Crippen molar-refractivity contribution in [3.63, 3.8) is 0 Å². The van der Waals surface area contributed by atoms with E-state index in [1.165, 1.54) is 44.2 Å². The van der Waals surface area contributed by atoms with E-state index in [4.69, 9.17) is 21.1 Å². The molecule has 0 heterocycles. The molecule has 0 bridgehead atoms. The summed E-state index contributed by atoms with van der Waals surface area (Å²) >= 11 is 7.04. The second-order valence-corrected chi connectivity index (χ2v) is 8.08. The summed E-state index contributed by atoms with van der Waals surface area (Å²) in [6, 6.07) is 11.1. The van der Waals surface area contributed by atoms with E-state index in [0.717, 1.165) is 4.90 Å². The van der Waals surface area contributed by atoms with E-state index in [0.29, 0.717) is 10.8 Å². The lowest BCUT2D eigenvalue weighted by Crippen LogP contribution is -2.42. The van der Waals surface area contributed by atoms with Gasteiger partial charge < -0.3 is 9.47 Å². The van der Waals surface area contributed by atoms with Crippen LogP contribution >= 0.6 is 23.4 Å². The van der Waals surface area contributed by atoms with Crippen LogP contribution in [0.25, 0.3) is 0 Å². The smallest absolute Gasteiger partial charge is 0.257 e. The molecular weight excluding hydrogens is 400 g/mol. The van der Waals surface area contributed by atoms with Crippen LogP contribution < -0.4 is 19.7 Å². The van der Waals surface area contributed by atoms with Crippen LogP contribution in [-0.2, 0) is 14.8 Å². The normalized spacial score (nSPS) is 11.0. The Morgan fingerprint density at radius 3 is 2.35 bits per heavy atom. The van der Waals surface area contributed by atoms with Gasteiger partial charge in [0, 0.05) is 16.0 Å². The molecule has 26 heavy (non-hydrogen) atoms. The van der Waals surface area contributed by atoms with Crippen molar-refractivity contribution in [2.75, 3.05) is 20.0 Å². The van der Waals surface area contributed by atoms with Gasteiger partial charge in [0.2, 0.25) is 5.91 Å². The van der Waals surface area contributed by atoms with Gasteiger partial charge in [-0.3, -0.25) is 10.2 Å². The zero-order valence-corrected chi connectivity index (χ0v) is 16.4. The maximum atomic E-state index is 12.3. The van der Waals surface area contributed by atoms with E-state index in [2.05, 4.69) is 10.3 Å². The van der Waals surface area contributed by atoms with Gasteiger partial charge in [0.25, 0.3) is 10.0 Å². The van der Waals surface area contributed by atoms with Gasteiger partial charge in [-0.2, -0.15) is 0 Å². The van der Waals surface area contributed by atoms with E-state index in [-0.39, 0.29) is 16.4 Å². The third-order valence-corrected chi connectivity index (χ3v) is 5.68. The summed E-state index contributed by atoms with van der Waals surface area (Å²) in [5.41, 5.74) is 2.17. The minimum atomic E-state index is -3.95. The molecule has 0 aromatic heterocycles. The molecule has 0 saturated carbocycles. The largest absolute Gasteiger partial charge is 0.493 e.